The lowest BCUT2D eigenvalue weighted by molar-refractivity contribution is -0.263. The molecule has 2 bridgehead atoms. The fourth-order valence-electron chi connectivity index (χ4n) is 12.4. The van der Waals surface area contributed by atoms with Crippen LogP contribution in [0.1, 0.15) is 67.2 Å². The van der Waals surface area contributed by atoms with Crippen LogP contribution in [0.4, 0.5) is 0 Å². The molecule has 11 nitrogen and oxygen atoms in total. The summed E-state index contributed by atoms with van der Waals surface area (Å²) in [7, 11) is 0. The number of carbonyl (C=O) groups is 3. The number of hydrogen-bond acceptors (Lipinski definition) is 11. The molecule has 3 heterocycles. The van der Waals surface area contributed by atoms with Crippen LogP contribution in [-0.2, 0) is 38.1 Å². The second-order valence-electron chi connectivity index (χ2n) is 15.9. The third kappa shape index (κ3) is 3.16. The summed E-state index contributed by atoms with van der Waals surface area (Å²) >= 11 is 0. The first-order valence-electron chi connectivity index (χ1n) is 16.0. The highest BCUT2D eigenvalue weighted by atomic mass is 16.6. The number of aliphatic hydroxyl groups is 3. The van der Waals surface area contributed by atoms with Crippen LogP contribution in [0.2, 0.25) is 0 Å². The van der Waals surface area contributed by atoms with Gasteiger partial charge in [-0.15, -0.1) is 0 Å². The molecule has 0 amide bonds. The molecule has 18 unspecified atom stereocenters. The Kier molecular flexibility index (Phi) is 5.55. The van der Waals surface area contributed by atoms with Gasteiger partial charge in [-0.1, -0.05) is 20.8 Å². The van der Waals surface area contributed by atoms with E-state index in [0.29, 0.717) is 25.7 Å². The highest BCUT2D eigenvalue weighted by Crippen LogP contribution is 2.78. The van der Waals surface area contributed by atoms with Crippen LogP contribution >= 0.6 is 0 Å². The average molecular weight is 605 g/mol. The lowest BCUT2D eigenvalue weighted by Gasteiger charge is -2.64. The minimum absolute atomic E-state index is 0.0737. The first kappa shape index (κ1) is 28.7. The summed E-state index contributed by atoms with van der Waals surface area (Å²) in [4.78, 5) is 38.3. The van der Waals surface area contributed by atoms with Crippen LogP contribution < -0.4 is 0 Å². The van der Waals surface area contributed by atoms with Crippen molar-refractivity contribution in [3.05, 3.63) is 0 Å². The van der Waals surface area contributed by atoms with E-state index >= 15 is 0 Å². The van der Waals surface area contributed by atoms with E-state index < -0.39 is 69.8 Å². The molecule has 8 fully saturated rings. The molecular formula is C32H44O11. The maximum Gasteiger partial charge on any atom is 0.338 e. The monoisotopic (exact) mass is 604 g/mol. The van der Waals surface area contributed by atoms with E-state index in [4.69, 9.17) is 23.7 Å². The third-order valence-electron chi connectivity index (χ3n) is 14.6. The summed E-state index contributed by atoms with van der Waals surface area (Å²) in [5.74, 6) is -2.71. The third-order valence-corrected chi connectivity index (χ3v) is 14.6. The zero-order valence-corrected chi connectivity index (χ0v) is 25.6. The Morgan fingerprint density at radius 3 is 2.26 bits per heavy atom. The van der Waals surface area contributed by atoms with Crippen LogP contribution in [0, 0.1) is 51.8 Å². The Morgan fingerprint density at radius 2 is 1.60 bits per heavy atom. The van der Waals surface area contributed by atoms with Gasteiger partial charge in [-0.2, -0.15) is 0 Å². The van der Waals surface area contributed by atoms with Crippen molar-refractivity contribution in [2.45, 2.75) is 121 Å². The Bertz CT molecular complexity index is 1300. The summed E-state index contributed by atoms with van der Waals surface area (Å²) in [6.07, 6.45) is -1.19. The molecule has 18 atom stereocenters. The number of aliphatic hydroxyl groups excluding tert-OH is 1. The molecule has 3 saturated heterocycles. The van der Waals surface area contributed by atoms with Crippen molar-refractivity contribution in [1.29, 1.82) is 0 Å². The summed E-state index contributed by atoms with van der Waals surface area (Å²) in [6.45, 7) is 10.2. The quantitative estimate of drug-likeness (QED) is 0.240. The van der Waals surface area contributed by atoms with E-state index in [1.165, 1.54) is 20.8 Å². The van der Waals surface area contributed by atoms with Gasteiger partial charge in [0.1, 0.15) is 36.1 Å². The zero-order chi connectivity index (χ0) is 30.8. The predicted octanol–water partition coefficient (Wildman–Crippen LogP) is 1.13. The lowest BCUT2D eigenvalue weighted by atomic mass is 9.41. The van der Waals surface area contributed by atoms with Gasteiger partial charge >= 0.3 is 17.9 Å². The second-order valence-corrected chi connectivity index (χ2v) is 15.9. The summed E-state index contributed by atoms with van der Waals surface area (Å²) in [5.41, 5.74) is -5.43. The molecule has 0 spiro atoms. The molecule has 238 valence electrons. The molecule has 5 saturated carbocycles. The predicted molar refractivity (Wildman–Crippen MR) is 145 cm³/mol. The van der Waals surface area contributed by atoms with Crippen LogP contribution in [0.5, 0.6) is 0 Å². The molecule has 0 aromatic heterocycles. The highest BCUT2D eigenvalue weighted by molar-refractivity contribution is 5.81. The molecule has 5 aliphatic carbocycles. The average Bonchev–Trinajstić information content (AvgIpc) is 3.82. The van der Waals surface area contributed by atoms with Gasteiger partial charge in [0.2, 0.25) is 0 Å². The van der Waals surface area contributed by atoms with Crippen molar-refractivity contribution >= 4 is 17.9 Å². The standard InChI is InChI=1S/C32H44O11/c1-12(34)39-20-8-16-21(24-26(43-24)32(38)10-19-23(41-19)25(30(16,32)5)40-13(2)35)15-7-17-22(29(15,20)4)14(11-33)18-9-28(17,3)31(6,37)27(36)42-18/h14-26,33,37-38H,7-11H2,1-6H3. The Labute approximate surface area is 250 Å². The number of hydrogen-bond donors (Lipinski definition) is 3. The molecule has 3 aliphatic heterocycles. The summed E-state index contributed by atoms with van der Waals surface area (Å²) in [6, 6.07) is 0. The smallest absolute Gasteiger partial charge is 0.338 e. The van der Waals surface area contributed by atoms with Gasteiger partial charge in [-0.05, 0) is 55.8 Å². The van der Waals surface area contributed by atoms with Crippen LogP contribution in [0.15, 0.2) is 0 Å². The fourth-order valence-corrected chi connectivity index (χ4v) is 12.4. The zero-order valence-electron chi connectivity index (χ0n) is 25.6. The number of rotatable bonds is 3. The van der Waals surface area contributed by atoms with Gasteiger partial charge in [0.15, 0.2) is 5.60 Å². The van der Waals surface area contributed by atoms with E-state index in [0.717, 1.165) is 0 Å². The second kappa shape index (κ2) is 8.32. The Balaban J connectivity index is 1.29. The molecule has 0 aromatic carbocycles. The van der Waals surface area contributed by atoms with Gasteiger partial charge in [-0.25, -0.2) is 4.79 Å². The molecule has 8 aliphatic rings. The Morgan fingerprint density at radius 1 is 0.907 bits per heavy atom. The van der Waals surface area contributed by atoms with Crippen molar-refractivity contribution in [3.8, 4) is 0 Å². The van der Waals surface area contributed by atoms with Gasteiger partial charge in [-0.3, -0.25) is 9.59 Å². The minimum atomic E-state index is -1.73. The maximum absolute atomic E-state index is 13.1. The van der Waals surface area contributed by atoms with Crippen LogP contribution in [-0.4, -0.2) is 93.8 Å². The fraction of sp³-hybridized carbons (Fsp3) is 0.906. The molecule has 8 rings (SSSR count). The van der Waals surface area contributed by atoms with E-state index in [1.54, 1.807) is 0 Å². The SMILES string of the molecule is CC(=O)OC1CC2C(C3OC3C3(O)CC4OC4C(OC(C)=O)C23C)C2CC3C(C(CO)C4CC3(C)C(C)(O)C(=O)O4)C12C. The van der Waals surface area contributed by atoms with Gasteiger partial charge in [0.05, 0.1) is 12.2 Å². The van der Waals surface area contributed by atoms with Gasteiger partial charge in [0.25, 0.3) is 0 Å². The van der Waals surface area contributed by atoms with E-state index in [1.807, 2.05) is 13.8 Å². The number of fused-ring (bicyclic) bond motifs is 14. The molecule has 11 heteroatoms. The largest absolute Gasteiger partial charge is 0.462 e. The van der Waals surface area contributed by atoms with E-state index in [9.17, 15) is 29.7 Å². The molecule has 43 heavy (non-hydrogen) atoms. The van der Waals surface area contributed by atoms with Crippen LogP contribution in [0.25, 0.3) is 0 Å². The minimum Gasteiger partial charge on any atom is -0.462 e. The first-order chi connectivity index (χ1) is 20.1. The highest BCUT2D eigenvalue weighted by Gasteiger charge is 2.85. The van der Waals surface area contributed by atoms with Crippen molar-refractivity contribution in [2.24, 2.45) is 51.8 Å². The molecule has 3 N–H and O–H groups in total. The summed E-state index contributed by atoms with van der Waals surface area (Å²) in [5, 5.41) is 35.0. The maximum atomic E-state index is 13.1. The number of epoxide rings is 2. The topological polar surface area (TPSA) is 165 Å². The molecular weight excluding hydrogens is 560 g/mol. The molecule has 0 aromatic rings. The Hall–Kier alpha value is -1.79. The van der Waals surface area contributed by atoms with E-state index in [2.05, 4.69) is 6.92 Å². The van der Waals surface area contributed by atoms with Crippen molar-refractivity contribution in [2.75, 3.05) is 6.61 Å². The number of carbonyl (C=O) groups excluding carboxylic acids is 3. The molecule has 0 radical (unpaired) electrons. The van der Waals surface area contributed by atoms with Crippen LogP contribution in [0.3, 0.4) is 0 Å². The summed E-state index contributed by atoms with van der Waals surface area (Å²) < 4.78 is 30.4. The first-order valence-corrected chi connectivity index (χ1v) is 16.0. The van der Waals surface area contributed by atoms with Gasteiger partial charge < -0.3 is 39.0 Å². The number of esters is 3. The van der Waals surface area contributed by atoms with E-state index in [-0.39, 0.29) is 60.4 Å². The lowest BCUT2D eigenvalue weighted by Crippen LogP contribution is -2.73. The van der Waals surface area contributed by atoms with Gasteiger partial charge in [0, 0.05) is 49.0 Å². The van der Waals surface area contributed by atoms with Crippen molar-refractivity contribution < 1.29 is 53.4 Å². The van der Waals surface area contributed by atoms with Crippen molar-refractivity contribution in [3.63, 3.8) is 0 Å². The van der Waals surface area contributed by atoms with Crippen molar-refractivity contribution in [1.82, 2.24) is 0 Å². The number of ether oxygens (including phenoxy) is 5. The normalized spacial score (nSPS) is 61.8.